The van der Waals surface area contributed by atoms with Gasteiger partial charge in [0.2, 0.25) is 0 Å². The first-order valence-corrected chi connectivity index (χ1v) is 6.74. The monoisotopic (exact) mass is 258 g/mol. The standard InChI is InChI=1S/C14H18N4O/c19-14-11-4-1-2-5-12(11)16-13(17-14)10-18-8-3-6-15-7-9-18/h1-2,4-5,15H,3,6-10H2,(H,16,17,19). The van der Waals surface area contributed by atoms with Crippen molar-refractivity contribution in [1.29, 1.82) is 0 Å². The molecule has 1 aromatic carbocycles. The zero-order chi connectivity index (χ0) is 13.1. The van der Waals surface area contributed by atoms with E-state index >= 15 is 0 Å². The number of hydrogen-bond donors (Lipinski definition) is 2. The topological polar surface area (TPSA) is 61.0 Å². The van der Waals surface area contributed by atoms with E-state index in [0.717, 1.165) is 43.9 Å². The van der Waals surface area contributed by atoms with Gasteiger partial charge in [-0.25, -0.2) is 4.98 Å². The average molecular weight is 258 g/mol. The van der Waals surface area contributed by atoms with Crippen LogP contribution in [0.5, 0.6) is 0 Å². The maximum atomic E-state index is 12.0. The molecule has 3 rings (SSSR count). The summed E-state index contributed by atoms with van der Waals surface area (Å²) in [6.07, 6.45) is 1.14. The summed E-state index contributed by atoms with van der Waals surface area (Å²) >= 11 is 0. The number of fused-ring (bicyclic) bond motifs is 1. The van der Waals surface area contributed by atoms with Crippen molar-refractivity contribution in [1.82, 2.24) is 20.2 Å². The highest BCUT2D eigenvalue weighted by atomic mass is 16.1. The molecule has 1 fully saturated rings. The quantitative estimate of drug-likeness (QED) is 0.833. The van der Waals surface area contributed by atoms with Gasteiger partial charge in [0.15, 0.2) is 0 Å². The van der Waals surface area contributed by atoms with Gasteiger partial charge in [-0.15, -0.1) is 0 Å². The molecule has 0 bridgehead atoms. The third-order valence-electron chi connectivity index (χ3n) is 3.47. The van der Waals surface area contributed by atoms with Crippen LogP contribution in [0.4, 0.5) is 0 Å². The molecular formula is C14H18N4O. The van der Waals surface area contributed by atoms with Gasteiger partial charge < -0.3 is 10.3 Å². The Morgan fingerprint density at radius 3 is 3.05 bits per heavy atom. The van der Waals surface area contributed by atoms with E-state index in [1.54, 1.807) is 6.07 Å². The van der Waals surface area contributed by atoms with Crippen LogP contribution in [-0.4, -0.2) is 41.0 Å². The molecule has 0 unspecified atom stereocenters. The van der Waals surface area contributed by atoms with E-state index in [-0.39, 0.29) is 5.56 Å². The molecule has 1 saturated heterocycles. The van der Waals surface area contributed by atoms with E-state index in [9.17, 15) is 4.79 Å². The molecule has 5 nitrogen and oxygen atoms in total. The second kappa shape index (κ2) is 5.50. The summed E-state index contributed by atoms with van der Waals surface area (Å²) in [5.74, 6) is 0.755. The van der Waals surface area contributed by atoms with E-state index in [2.05, 4.69) is 20.2 Å². The molecule has 0 saturated carbocycles. The molecule has 1 aliphatic rings. The molecule has 100 valence electrons. The Kier molecular flexibility index (Phi) is 3.57. The van der Waals surface area contributed by atoms with E-state index in [0.29, 0.717) is 11.9 Å². The molecule has 19 heavy (non-hydrogen) atoms. The van der Waals surface area contributed by atoms with Crippen LogP contribution >= 0.6 is 0 Å². The third-order valence-corrected chi connectivity index (χ3v) is 3.47. The first-order valence-electron chi connectivity index (χ1n) is 6.74. The van der Waals surface area contributed by atoms with E-state index < -0.39 is 0 Å². The fourth-order valence-electron chi connectivity index (χ4n) is 2.48. The third kappa shape index (κ3) is 2.83. The minimum Gasteiger partial charge on any atom is -0.315 e. The predicted molar refractivity (Wildman–Crippen MR) is 75.1 cm³/mol. The molecule has 2 aromatic rings. The van der Waals surface area contributed by atoms with Gasteiger partial charge in [0.25, 0.3) is 5.56 Å². The van der Waals surface area contributed by atoms with Gasteiger partial charge in [0.05, 0.1) is 17.4 Å². The Labute approximate surface area is 111 Å². The van der Waals surface area contributed by atoms with Gasteiger partial charge >= 0.3 is 0 Å². The molecule has 5 heteroatoms. The molecule has 2 heterocycles. The minimum atomic E-state index is -0.0476. The molecule has 0 aliphatic carbocycles. The Hall–Kier alpha value is -1.72. The molecule has 2 N–H and O–H groups in total. The van der Waals surface area contributed by atoms with Crippen molar-refractivity contribution in [2.75, 3.05) is 26.2 Å². The molecule has 1 aromatic heterocycles. The summed E-state index contributed by atoms with van der Waals surface area (Å²) in [5.41, 5.74) is 0.725. The summed E-state index contributed by atoms with van der Waals surface area (Å²) < 4.78 is 0. The molecule has 0 spiro atoms. The van der Waals surface area contributed by atoms with Crippen molar-refractivity contribution >= 4 is 10.9 Å². The largest absolute Gasteiger partial charge is 0.315 e. The first-order chi connectivity index (χ1) is 9.33. The van der Waals surface area contributed by atoms with Crippen molar-refractivity contribution in [3.05, 3.63) is 40.4 Å². The van der Waals surface area contributed by atoms with Gasteiger partial charge in [-0.05, 0) is 31.6 Å². The highest BCUT2D eigenvalue weighted by Gasteiger charge is 2.11. The summed E-state index contributed by atoms with van der Waals surface area (Å²) in [5, 5.41) is 4.03. The van der Waals surface area contributed by atoms with Gasteiger partial charge in [-0.2, -0.15) is 0 Å². The van der Waals surface area contributed by atoms with Gasteiger partial charge in [0, 0.05) is 13.1 Å². The molecule has 0 radical (unpaired) electrons. The zero-order valence-corrected chi connectivity index (χ0v) is 10.9. The van der Waals surface area contributed by atoms with Crippen LogP contribution in [0.15, 0.2) is 29.1 Å². The maximum Gasteiger partial charge on any atom is 0.258 e. The Bertz CT molecular complexity index is 614. The highest BCUT2D eigenvalue weighted by Crippen LogP contribution is 2.07. The molecule has 1 aliphatic heterocycles. The molecule has 0 amide bonds. The predicted octanol–water partition coefficient (Wildman–Crippen LogP) is 0.718. The fourth-order valence-corrected chi connectivity index (χ4v) is 2.48. The summed E-state index contributed by atoms with van der Waals surface area (Å²) in [6.45, 7) is 4.82. The van der Waals surface area contributed by atoms with Crippen LogP contribution in [0.1, 0.15) is 12.2 Å². The second-order valence-corrected chi connectivity index (χ2v) is 4.91. The van der Waals surface area contributed by atoms with Crippen molar-refractivity contribution in [2.24, 2.45) is 0 Å². The molecule has 0 atom stereocenters. The van der Waals surface area contributed by atoms with Crippen LogP contribution in [-0.2, 0) is 6.54 Å². The molecular weight excluding hydrogens is 240 g/mol. The lowest BCUT2D eigenvalue weighted by Gasteiger charge is -2.18. The minimum absolute atomic E-state index is 0.0476. The number of H-pyrrole nitrogens is 1. The first kappa shape index (κ1) is 12.3. The van der Waals surface area contributed by atoms with Gasteiger partial charge in [-0.1, -0.05) is 12.1 Å². The van der Waals surface area contributed by atoms with Gasteiger partial charge in [0.1, 0.15) is 5.82 Å². The second-order valence-electron chi connectivity index (χ2n) is 4.91. The van der Waals surface area contributed by atoms with Crippen molar-refractivity contribution < 1.29 is 0 Å². The SMILES string of the molecule is O=c1[nH]c(CN2CCCNCC2)nc2ccccc12. The average Bonchev–Trinajstić information content (AvgIpc) is 2.67. The Morgan fingerprint density at radius 1 is 1.21 bits per heavy atom. The van der Waals surface area contributed by atoms with Crippen LogP contribution in [0.25, 0.3) is 10.9 Å². The highest BCUT2D eigenvalue weighted by molar-refractivity contribution is 5.77. The van der Waals surface area contributed by atoms with Crippen LogP contribution in [0, 0.1) is 0 Å². The number of benzene rings is 1. The number of rotatable bonds is 2. The van der Waals surface area contributed by atoms with Crippen molar-refractivity contribution in [3.63, 3.8) is 0 Å². The van der Waals surface area contributed by atoms with E-state index in [1.807, 2.05) is 18.2 Å². The number of nitrogens with one attached hydrogen (secondary N) is 2. The number of hydrogen-bond acceptors (Lipinski definition) is 4. The lowest BCUT2D eigenvalue weighted by Crippen LogP contribution is -2.29. The fraction of sp³-hybridized carbons (Fsp3) is 0.429. The maximum absolute atomic E-state index is 12.0. The van der Waals surface area contributed by atoms with Crippen molar-refractivity contribution in [3.8, 4) is 0 Å². The van der Waals surface area contributed by atoms with Gasteiger partial charge in [-0.3, -0.25) is 9.69 Å². The summed E-state index contributed by atoms with van der Waals surface area (Å²) in [7, 11) is 0. The van der Waals surface area contributed by atoms with Crippen LogP contribution < -0.4 is 10.9 Å². The van der Waals surface area contributed by atoms with E-state index in [1.165, 1.54) is 0 Å². The van der Waals surface area contributed by atoms with Crippen molar-refractivity contribution in [2.45, 2.75) is 13.0 Å². The smallest absolute Gasteiger partial charge is 0.258 e. The Morgan fingerprint density at radius 2 is 2.11 bits per heavy atom. The number of aromatic amines is 1. The number of para-hydroxylation sites is 1. The lowest BCUT2D eigenvalue weighted by molar-refractivity contribution is 0.277. The van der Waals surface area contributed by atoms with Crippen LogP contribution in [0.2, 0.25) is 0 Å². The van der Waals surface area contributed by atoms with Crippen LogP contribution in [0.3, 0.4) is 0 Å². The van der Waals surface area contributed by atoms with E-state index in [4.69, 9.17) is 0 Å². The Balaban J connectivity index is 1.86. The number of nitrogens with zero attached hydrogens (tertiary/aromatic N) is 2. The zero-order valence-electron chi connectivity index (χ0n) is 10.9. The summed E-state index contributed by atoms with van der Waals surface area (Å²) in [6, 6.07) is 7.46. The lowest BCUT2D eigenvalue weighted by atomic mass is 10.2. The summed E-state index contributed by atoms with van der Waals surface area (Å²) in [4.78, 5) is 21.7. The normalized spacial score (nSPS) is 17.5. The number of aromatic nitrogens is 2.